The molecule has 0 radical (unpaired) electrons. The highest BCUT2D eigenvalue weighted by Gasteiger charge is 2.25. The first-order valence-electron chi connectivity index (χ1n) is 7.09. The summed E-state index contributed by atoms with van der Waals surface area (Å²) in [5.41, 5.74) is 2.62. The molecule has 2 atom stereocenters. The third kappa shape index (κ3) is 3.09. The fourth-order valence-corrected chi connectivity index (χ4v) is 4.06. The second kappa shape index (κ2) is 6.62. The quantitative estimate of drug-likeness (QED) is 0.858. The summed E-state index contributed by atoms with van der Waals surface area (Å²) in [6.45, 7) is 5.33. The van der Waals surface area contributed by atoms with Crippen LogP contribution < -0.4 is 5.32 Å². The Morgan fingerprint density at radius 1 is 1.56 bits per heavy atom. The fraction of sp³-hybridized carbons (Fsp3) is 0.786. The average molecular weight is 267 g/mol. The molecule has 2 unspecified atom stereocenters. The first-order chi connectivity index (χ1) is 8.78. The van der Waals surface area contributed by atoms with Crippen molar-refractivity contribution in [2.75, 3.05) is 18.6 Å². The van der Waals surface area contributed by atoms with Crippen molar-refractivity contribution in [2.24, 2.45) is 5.92 Å². The van der Waals surface area contributed by atoms with Crippen molar-refractivity contribution in [1.82, 2.24) is 15.1 Å². The molecule has 1 aliphatic rings. The summed E-state index contributed by atoms with van der Waals surface area (Å²) < 4.78 is 2.17. The van der Waals surface area contributed by atoms with Crippen molar-refractivity contribution in [1.29, 1.82) is 0 Å². The number of nitrogens with zero attached hydrogens (tertiary/aromatic N) is 2. The minimum atomic E-state index is 0.603. The van der Waals surface area contributed by atoms with Gasteiger partial charge >= 0.3 is 0 Å². The van der Waals surface area contributed by atoms with Crippen LogP contribution in [0.15, 0.2) is 6.07 Å². The minimum Gasteiger partial charge on any atom is -0.316 e. The van der Waals surface area contributed by atoms with Crippen molar-refractivity contribution in [2.45, 2.75) is 45.7 Å². The van der Waals surface area contributed by atoms with E-state index in [2.05, 4.69) is 53.8 Å². The van der Waals surface area contributed by atoms with E-state index in [-0.39, 0.29) is 0 Å². The van der Waals surface area contributed by atoms with E-state index in [4.69, 9.17) is 0 Å². The van der Waals surface area contributed by atoms with Crippen LogP contribution in [-0.4, -0.2) is 34.4 Å². The van der Waals surface area contributed by atoms with Crippen LogP contribution >= 0.6 is 11.8 Å². The average Bonchev–Trinajstić information content (AvgIpc) is 3.04. The SMILES string of the molecule is CCc1cc(CC(NC)C2CCSC2)n(CC)n1. The molecular weight excluding hydrogens is 242 g/mol. The van der Waals surface area contributed by atoms with E-state index in [9.17, 15) is 0 Å². The van der Waals surface area contributed by atoms with Gasteiger partial charge in [0, 0.05) is 24.7 Å². The molecule has 4 heteroatoms. The molecule has 1 aromatic heterocycles. The van der Waals surface area contributed by atoms with Crippen LogP contribution in [0.25, 0.3) is 0 Å². The molecule has 0 saturated carbocycles. The number of hydrogen-bond acceptors (Lipinski definition) is 3. The Balaban J connectivity index is 2.07. The first-order valence-corrected chi connectivity index (χ1v) is 8.24. The predicted molar refractivity (Wildman–Crippen MR) is 79.3 cm³/mol. The van der Waals surface area contributed by atoms with Crippen molar-refractivity contribution in [3.63, 3.8) is 0 Å². The zero-order valence-electron chi connectivity index (χ0n) is 11.8. The van der Waals surface area contributed by atoms with Crippen LogP contribution in [-0.2, 0) is 19.4 Å². The third-order valence-electron chi connectivity index (χ3n) is 3.91. The van der Waals surface area contributed by atoms with E-state index < -0.39 is 0 Å². The van der Waals surface area contributed by atoms with E-state index in [1.807, 2.05) is 0 Å². The molecule has 2 heterocycles. The number of aryl methyl sites for hydroxylation is 2. The Morgan fingerprint density at radius 3 is 2.94 bits per heavy atom. The lowest BCUT2D eigenvalue weighted by molar-refractivity contribution is 0.394. The summed E-state index contributed by atoms with van der Waals surface area (Å²) in [5, 5.41) is 8.16. The van der Waals surface area contributed by atoms with Gasteiger partial charge in [-0.2, -0.15) is 16.9 Å². The summed E-state index contributed by atoms with van der Waals surface area (Å²) in [7, 11) is 2.10. The zero-order chi connectivity index (χ0) is 13.0. The second-order valence-electron chi connectivity index (χ2n) is 5.02. The van der Waals surface area contributed by atoms with Crippen LogP contribution in [0.4, 0.5) is 0 Å². The van der Waals surface area contributed by atoms with Gasteiger partial charge in [-0.05, 0) is 50.3 Å². The summed E-state index contributed by atoms with van der Waals surface area (Å²) in [4.78, 5) is 0. The third-order valence-corrected chi connectivity index (χ3v) is 5.10. The van der Waals surface area contributed by atoms with Crippen LogP contribution in [0.2, 0.25) is 0 Å². The normalized spacial score (nSPS) is 21.4. The van der Waals surface area contributed by atoms with E-state index in [1.165, 1.54) is 29.3 Å². The van der Waals surface area contributed by atoms with E-state index in [0.717, 1.165) is 25.3 Å². The number of nitrogens with one attached hydrogen (secondary N) is 1. The molecule has 0 bridgehead atoms. The van der Waals surface area contributed by atoms with Crippen LogP contribution in [0.1, 0.15) is 31.7 Å². The lowest BCUT2D eigenvalue weighted by Gasteiger charge is -2.22. The molecule has 0 aliphatic carbocycles. The maximum Gasteiger partial charge on any atom is 0.0624 e. The van der Waals surface area contributed by atoms with Gasteiger partial charge in [-0.25, -0.2) is 0 Å². The smallest absolute Gasteiger partial charge is 0.0624 e. The molecule has 0 amide bonds. The standard InChI is InChI=1S/C14H25N3S/c1-4-12-8-13(17(5-2)16-12)9-14(15-3)11-6-7-18-10-11/h8,11,14-15H,4-7,9-10H2,1-3H3. The molecule has 0 aromatic carbocycles. The van der Waals surface area contributed by atoms with Crippen molar-refractivity contribution in [3.05, 3.63) is 17.5 Å². The van der Waals surface area contributed by atoms with Crippen LogP contribution in [0.5, 0.6) is 0 Å². The minimum absolute atomic E-state index is 0.603. The maximum absolute atomic E-state index is 4.64. The highest BCUT2D eigenvalue weighted by atomic mass is 32.2. The van der Waals surface area contributed by atoms with Gasteiger partial charge in [0.2, 0.25) is 0 Å². The molecular formula is C14H25N3S. The monoisotopic (exact) mass is 267 g/mol. The van der Waals surface area contributed by atoms with Crippen molar-refractivity contribution < 1.29 is 0 Å². The number of rotatable bonds is 6. The fourth-order valence-electron chi connectivity index (χ4n) is 2.73. The summed E-state index contributed by atoms with van der Waals surface area (Å²) in [6.07, 6.45) is 3.50. The van der Waals surface area contributed by atoms with E-state index in [1.54, 1.807) is 0 Å². The highest BCUT2D eigenvalue weighted by molar-refractivity contribution is 7.99. The van der Waals surface area contributed by atoms with Gasteiger partial charge in [0.25, 0.3) is 0 Å². The number of likely N-dealkylation sites (N-methyl/N-ethyl adjacent to an activating group) is 1. The molecule has 1 aliphatic heterocycles. The molecule has 3 nitrogen and oxygen atoms in total. The van der Waals surface area contributed by atoms with Crippen LogP contribution in [0.3, 0.4) is 0 Å². The Labute approximate surface area is 115 Å². The van der Waals surface area contributed by atoms with Gasteiger partial charge in [-0.3, -0.25) is 4.68 Å². The van der Waals surface area contributed by atoms with E-state index >= 15 is 0 Å². The molecule has 1 N–H and O–H groups in total. The van der Waals surface area contributed by atoms with Gasteiger partial charge in [0.05, 0.1) is 5.69 Å². The summed E-state index contributed by atoms with van der Waals surface area (Å²) in [6, 6.07) is 2.89. The second-order valence-corrected chi connectivity index (χ2v) is 6.17. The Hall–Kier alpha value is -0.480. The Morgan fingerprint density at radius 2 is 2.39 bits per heavy atom. The Bertz CT molecular complexity index is 369. The number of aromatic nitrogens is 2. The number of thioether (sulfide) groups is 1. The molecule has 0 spiro atoms. The van der Waals surface area contributed by atoms with Crippen molar-refractivity contribution in [3.8, 4) is 0 Å². The zero-order valence-corrected chi connectivity index (χ0v) is 12.6. The van der Waals surface area contributed by atoms with Gasteiger partial charge in [-0.15, -0.1) is 0 Å². The lowest BCUT2D eigenvalue weighted by Crippen LogP contribution is -2.36. The molecule has 102 valence electrons. The van der Waals surface area contributed by atoms with Gasteiger partial charge < -0.3 is 5.32 Å². The largest absolute Gasteiger partial charge is 0.316 e. The molecule has 18 heavy (non-hydrogen) atoms. The lowest BCUT2D eigenvalue weighted by atomic mass is 9.95. The highest BCUT2D eigenvalue weighted by Crippen LogP contribution is 2.27. The predicted octanol–water partition coefficient (Wildman–Crippen LogP) is 2.35. The van der Waals surface area contributed by atoms with Crippen molar-refractivity contribution >= 4 is 11.8 Å². The number of hydrogen-bond donors (Lipinski definition) is 1. The molecule has 2 rings (SSSR count). The van der Waals surface area contributed by atoms with Gasteiger partial charge in [0.15, 0.2) is 0 Å². The molecule has 1 fully saturated rings. The summed E-state index contributed by atoms with van der Waals surface area (Å²) >= 11 is 2.09. The summed E-state index contributed by atoms with van der Waals surface area (Å²) in [5.74, 6) is 3.47. The molecule has 1 aromatic rings. The van der Waals surface area contributed by atoms with Gasteiger partial charge in [0.1, 0.15) is 0 Å². The first kappa shape index (κ1) is 13.9. The van der Waals surface area contributed by atoms with Crippen LogP contribution in [0, 0.1) is 5.92 Å². The Kier molecular flexibility index (Phi) is 5.13. The van der Waals surface area contributed by atoms with E-state index in [0.29, 0.717) is 6.04 Å². The molecule has 1 saturated heterocycles. The topological polar surface area (TPSA) is 29.9 Å². The van der Waals surface area contributed by atoms with Gasteiger partial charge in [-0.1, -0.05) is 6.92 Å². The maximum atomic E-state index is 4.64.